The average Bonchev–Trinajstić information content (AvgIpc) is 3.18. The van der Waals surface area contributed by atoms with Crippen molar-refractivity contribution in [2.75, 3.05) is 0 Å². The number of benzene rings is 1. The molecule has 0 saturated heterocycles. The molecule has 6 nitrogen and oxygen atoms in total. The molecule has 27 heavy (non-hydrogen) atoms. The van der Waals surface area contributed by atoms with E-state index in [1.165, 1.54) is 18.2 Å². The molecule has 0 radical (unpaired) electrons. The fraction of sp³-hybridized carbons (Fsp3) is 0.421. The fourth-order valence-electron chi connectivity index (χ4n) is 2.73. The second-order valence-corrected chi connectivity index (χ2v) is 6.87. The number of hydrogen-bond acceptors (Lipinski definition) is 6. The highest BCUT2D eigenvalue weighted by molar-refractivity contribution is 5.39. The normalized spacial score (nSPS) is 14.7. The smallest absolute Gasteiger partial charge is 0.353 e. The number of aromatic nitrogens is 3. The first-order valence-corrected chi connectivity index (χ1v) is 8.85. The molecule has 2 aromatic heterocycles. The second-order valence-electron chi connectivity index (χ2n) is 6.87. The van der Waals surface area contributed by atoms with E-state index >= 15 is 0 Å². The summed E-state index contributed by atoms with van der Waals surface area (Å²) in [6, 6.07) is 5.94. The van der Waals surface area contributed by atoms with Gasteiger partial charge in [0.15, 0.2) is 11.7 Å². The summed E-state index contributed by atoms with van der Waals surface area (Å²) in [5.41, 5.74) is -0.315. The zero-order valence-electron chi connectivity index (χ0n) is 15.0. The van der Waals surface area contributed by atoms with E-state index in [1.807, 2.05) is 0 Å². The van der Waals surface area contributed by atoms with E-state index in [0.29, 0.717) is 17.6 Å². The first-order valence-electron chi connectivity index (χ1n) is 8.85. The molecule has 4 rings (SSSR count). The van der Waals surface area contributed by atoms with Crippen molar-refractivity contribution in [2.45, 2.75) is 51.1 Å². The Labute approximate surface area is 154 Å². The Morgan fingerprint density at radius 1 is 1.26 bits per heavy atom. The van der Waals surface area contributed by atoms with Crippen LogP contribution in [-0.4, -0.2) is 21.2 Å². The van der Waals surface area contributed by atoms with Gasteiger partial charge in [0.2, 0.25) is 0 Å². The molecule has 0 N–H and O–H groups in total. The van der Waals surface area contributed by atoms with Gasteiger partial charge in [-0.3, -0.25) is 0 Å². The highest BCUT2D eigenvalue weighted by atomic mass is 19.3. The summed E-state index contributed by atoms with van der Waals surface area (Å²) in [5.74, 6) is -2.47. The van der Waals surface area contributed by atoms with Crippen molar-refractivity contribution in [3.05, 3.63) is 59.4 Å². The number of para-hydroxylation sites is 1. The molecule has 0 spiro atoms. The van der Waals surface area contributed by atoms with Crippen LogP contribution in [0.5, 0.6) is 5.75 Å². The van der Waals surface area contributed by atoms with Gasteiger partial charge in [0.05, 0.1) is 24.3 Å². The van der Waals surface area contributed by atoms with Gasteiger partial charge in [-0.1, -0.05) is 17.3 Å². The lowest BCUT2D eigenvalue weighted by molar-refractivity contribution is 0.00424. The van der Waals surface area contributed by atoms with E-state index < -0.39 is 11.8 Å². The number of hydrogen-bond donors (Lipinski definition) is 0. The molecule has 142 valence electrons. The van der Waals surface area contributed by atoms with Gasteiger partial charge in [-0.25, -0.2) is 4.98 Å². The highest BCUT2D eigenvalue weighted by Crippen LogP contribution is 2.41. The maximum Gasteiger partial charge on any atom is 0.353 e. The molecule has 0 bridgehead atoms. The Balaban J connectivity index is 1.56. The van der Waals surface area contributed by atoms with Crippen LogP contribution >= 0.6 is 0 Å². The predicted molar refractivity (Wildman–Crippen MR) is 90.8 cm³/mol. The third-order valence-corrected chi connectivity index (χ3v) is 4.16. The van der Waals surface area contributed by atoms with Gasteiger partial charge < -0.3 is 13.7 Å². The lowest BCUT2D eigenvalue weighted by Gasteiger charge is -2.18. The molecule has 1 saturated carbocycles. The van der Waals surface area contributed by atoms with Crippen LogP contribution in [0.1, 0.15) is 61.5 Å². The maximum absolute atomic E-state index is 15.0. The summed E-state index contributed by atoms with van der Waals surface area (Å²) in [4.78, 5) is 8.07. The minimum atomic E-state index is -3.47. The Bertz CT molecular complexity index is 932. The molecule has 8 heteroatoms. The Morgan fingerprint density at radius 2 is 2.04 bits per heavy atom. The Kier molecular flexibility index (Phi) is 4.41. The van der Waals surface area contributed by atoms with Gasteiger partial charge in [0, 0.05) is 5.92 Å². The first kappa shape index (κ1) is 17.6. The third kappa shape index (κ3) is 3.70. The van der Waals surface area contributed by atoms with Crippen molar-refractivity contribution < 1.29 is 22.5 Å². The van der Waals surface area contributed by atoms with E-state index in [4.69, 9.17) is 13.7 Å². The lowest BCUT2D eigenvalue weighted by Crippen LogP contribution is -2.19. The molecule has 1 fully saturated rings. The van der Waals surface area contributed by atoms with Crippen molar-refractivity contribution in [1.29, 1.82) is 0 Å². The van der Waals surface area contributed by atoms with Gasteiger partial charge in [-0.05, 0) is 38.8 Å². The fourth-order valence-corrected chi connectivity index (χ4v) is 2.73. The molecule has 0 atom stereocenters. The highest BCUT2D eigenvalue weighted by Gasteiger charge is 2.43. The summed E-state index contributed by atoms with van der Waals surface area (Å²) in [6.07, 6.45) is 3.61. The largest absolute Gasteiger partial charge is 0.490 e. The Hall–Kier alpha value is -2.77. The van der Waals surface area contributed by atoms with Crippen LogP contribution < -0.4 is 4.74 Å². The summed E-state index contributed by atoms with van der Waals surface area (Å²) >= 11 is 0. The maximum atomic E-state index is 15.0. The molecule has 0 amide bonds. The summed E-state index contributed by atoms with van der Waals surface area (Å²) in [6.45, 7) is 3.54. The zero-order valence-corrected chi connectivity index (χ0v) is 15.0. The van der Waals surface area contributed by atoms with Gasteiger partial charge in [-0.15, -0.1) is 0 Å². The second kappa shape index (κ2) is 6.75. The van der Waals surface area contributed by atoms with E-state index in [1.54, 1.807) is 26.1 Å². The SMILES string of the molecule is CC(C)Oc1ccccc1C(F)(F)c1nc(Cc2cnc(C3CC3)o2)no1. The van der Waals surface area contributed by atoms with Gasteiger partial charge in [0.25, 0.3) is 0 Å². The van der Waals surface area contributed by atoms with E-state index in [2.05, 4.69) is 15.1 Å². The molecule has 1 aliphatic rings. The quantitative estimate of drug-likeness (QED) is 0.607. The standard InChI is InChI=1S/C19H19F2N3O3/c1-11(2)25-15-6-4-3-5-14(15)19(20,21)18-23-16(24-27-18)9-13-10-22-17(26-13)12-7-8-12/h3-6,10-12H,7-9H2,1-2H3. The van der Waals surface area contributed by atoms with Crippen LogP contribution in [0.15, 0.2) is 39.4 Å². The van der Waals surface area contributed by atoms with Gasteiger partial charge in [0.1, 0.15) is 11.5 Å². The topological polar surface area (TPSA) is 74.2 Å². The third-order valence-electron chi connectivity index (χ3n) is 4.16. The van der Waals surface area contributed by atoms with Gasteiger partial charge in [-0.2, -0.15) is 13.8 Å². The predicted octanol–water partition coefficient (Wildman–Crippen LogP) is 4.45. The summed E-state index contributed by atoms with van der Waals surface area (Å²) in [7, 11) is 0. The van der Waals surface area contributed by atoms with Crippen molar-refractivity contribution in [2.24, 2.45) is 0 Å². The molecule has 1 aliphatic carbocycles. The minimum Gasteiger partial charge on any atom is -0.490 e. The molecular weight excluding hydrogens is 356 g/mol. The van der Waals surface area contributed by atoms with Crippen LogP contribution in [0.4, 0.5) is 8.78 Å². The number of rotatable bonds is 7. The number of ether oxygens (including phenoxy) is 1. The van der Waals surface area contributed by atoms with Crippen LogP contribution in [0.25, 0.3) is 0 Å². The zero-order chi connectivity index (χ0) is 19.0. The van der Waals surface area contributed by atoms with Crippen molar-refractivity contribution in [1.82, 2.24) is 15.1 Å². The number of alkyl halides is 2. The summed E-state index contributed by atoms with van der Waals surface area (Å²) < 4.78 is 45.9. The molecule has 2 heterocycles. The van der Waals surface area contributed by atoms with Crippen LogP contribution in [0.3, 0.4) is 0 Å². The molecule has 0 unspecified atom stereocenters. The molecule has 1 aromatic carbocycles. The average molecular weight is 375 g/mol. The van der Waals surface area contributed by atoms with Crippen LogP contribution in [-0.2, 0) is 12.3 Å². The van der Waals surface area contributed by atoms with Crippen molar-refractivity contribution >= 4 is 0 Å². The van der Waals surface area contributed by atoms with Crippen molar-refractivity contribution in [3.8, 4) is 5.75 Å². The lowest BCUT2D eigenvalue weighted by atomic mass is 10.1. The van der Waals surface area contributed by atoms with E-state index in [-0.39, 0.29) is 29.7 Å². The number of nitrogens with zero attached hydrogens (tertiary/aromatic N) is 3. The molecular formula is C19H19F2N3O3. The monoisotopic (exact) mass is 375 g/mol. The number of oxazole rings is 1. The minimum absolute atomic E-state index is 0.0848. The van der Waals surface area contributed by atoms with Gasteiger partial charge >= 0.3 is 11.8 Å². The van der Waals surface area contributed by atoms with E-state index in [9.17, 15) is 8.78 Å². The summed E-state index contributed by atoms with van der Waals surface area (Å²) in [5, 5.41) is 3.67. The van der Waals surface area contributed by atoms with Crippen LogP contribution in [0.2, 0.25) is 0 Å². The molecule has 0 aliphatic heterocycles. The van der Waals surface area contributed by atoms with E-state index in [0.717, 1.165) is 12.8 Å². The van der Waals surface area contributed by atoms with Crippen molar-refractivity contribution in [3.63, 3.8) is 0 Å². The first-order chi connectivity index (χ1) is 12.9. The molecule has 3 aromatic rings. The van der Waals surface area contributed by atoms with Crippen LogP contribution in [0, 0.1) is 0 Å². The number of halogens is 2. The Morgan fingerprint density at radius 3 is 2.78 bits per heavy atom.